The molecule has 1 aliphatic heterocycles. The predicted octanol–water partition coefficient (Wildman–Crippen LogP) is 2.71. The summed E-state index contributed by atoms with van der Waals surface area (Å²) < 4.78 is 19.8. The first kappa shape index (κ1) is 25.2. The molecule has 168 valence electrons. The number of nitrogens with one attached hydrogen (secondary N) is 1. The summed E-state index contributed by atoms with van der Waals surface area (Å²) in [5.74, 6) is -2.91. The van der Waals surface area contributed by atoms with E-state index in [-0.39, 0.29) is 29.4 Å². The maximum atomic E-state index is 12.4. The van der Waals surface area contributed by atoms with Gasteiger partial charge in [0.15, 0.2) is 0 Å². The Morgan fingerprint density at radius 1 is 0.767 bits per heavy atom. The zero-order valence-corrected chi connectivity index (χ0v) is 18.5. The Bertz CT molecular complexity index is 677. The van der Waals surface area contributed by atoms with E-state index in [0.29, 0.717) is 24.2 Å². The predicted molar refractivity (Wildman–Crippen MR) is 106 cm³/mol. The standard InChI is InChI=1S/C21H31NO8/c1-7-12(3)18(23)27-10-29-20(25)16-9-17(15(6)22-14(16)5)21(26)30-11-28-19(24)13(4)8-2/h12-13,22H,7-11H2,1-6H3. The van der Waals surface area contributed by atoms with Crippen LogP contribution >= 0.6 is 0 Å². The second-order valence-electron chi connectivity index (χ2n) is 7.15. The van der Waals surface area contributed by atoms with E-state index in [0.717, 1.165) is 0 Å². The molecule has 0 aromatic carbocycles. The van der Waals surface area contributed by atoms with Crippen LogP contribution in [0, 0.1) is 11.8 Å². The summed E-state index contributed by atoms with van der Waals surface area (Å²) in [6.45, 7) is 9.45. The minimum absolute atomic E-state index is 0.0268. The molecule has 2 unspecified atom stereocenters. The Balaban J connectivity index is 2.62. The normalized spacial score (nSPS) is 15.7. The first-order valence-corrected chi connectivity index (χ1v) is 9.96. The summed E-state index contributed by atoms with van der Waals surface area (Å²) >= 11 is 0. The average molecular weight is 425 g/mol. The van der Waals surface area contributed by atoms with Gasteiger partial charge in [-0.3, -0.25) is 9.59 Å². The average Bonchev–Trinajstić information content (AvgIpc) is 2.71. The van der Waals surface area contributed by atoms with Crippen molar-refractivity contribution in [1.29, 1.82) is 0 Å². The summed E-state index contributed by atoms with van der Waals surface area (Å²) in [6.07, 6.45) is 1.20. The molecule has 0 spiro atoms. The lowest BCUT2D eigenvalue weighted by molar-refractivity contribution is -0.168. The molecule has 0 fully saturated rings. The smallest absolute Gasteiger partial charge is 0.338 e. The van der Waals surface area contributed by atoms with Gasteiger partial charge in [0.2, 0.25) is 13.6 Å². The third kappa shape index (κ3) is 7.20. The highest BCUT2D eigenvalue weighted by molar-refractivity contribution is 5.96. The van der Waals surface area contributed by atoms with E-state index in [9.17, 15) is 19.2 Å². The number of hydrogen-bond donors (Lipinski definition) is 1. The van der Waals surface area contributed by atoms with Gasteiger partial charge in [-0.15, -0.1) is 0 Å². The fourth-order valence-electron chi connectivity index (χ4n) is 2.40. The van der Waals surface area contributed by atoms with Gasteiger partial charge in [0, 0.05) is 17.8 Å². The maximum absolute atomic E-state index is 12.4. The van der Waals surface area contributed by atoms with E-state index < -0.39 is 37.5 Å². The fourth-order valence-corrected chi connectivity index (χ4v) is 2.40. The van der Waals surface area contributed by atoms with Gasteiger partial charge in [-0.2, -0.15) is 0 Å². The van der Waals surface area contributed by atoms with E-state index in [1.807, 2.05) is 13.8 Å². The topological polar surface area (TPSA) is 117 Å². The van der Waals surface area contributed by atoms with Gasteiger partial charge in [0.1, 0.15) is 0 Å². The summed E-state index contributed by atoms with van der Waals surface area (Å²) in [5.41, 5.74) is 1.46. The number of dihydropyridines is 1. The summed E-state index contributed by atoms with van der Waals surface area (Å²) in [4.78, 5) is 48.0. The van der Waals surface area contributed by atoms with E-state index in [1.165, 1.54) is 0 Å². The molecule has 0 aromatic rings. The molecule has 0 bridgehead atoms. The van der Waals surface area contributed by atoms with Crippen LogP contribution < -0.4 is 5.32 Å². The number of carbonyl (C=O) groups is 4. The van der Waals surface area contributed by atoms with Crippen molar-refractivity contribution in [3.8, 4) is 0 Å². The van der Waals surface area contributed by atoms with E-state index in [1.54, 1.807) is 27.7 Å². The molecular formula is C21H31NO8. The van der Waals surface area contributed by atoms with Gasteiger partial charge < -0.3 is 24.3 Å². The SMILES string of the molecule is CCC(C)C(=O)OCOC(=O)C1=C(C)NC(C)=C(C(=O)OCOC(=O)C(C)CC)C1. The molecule has 1 rings (SSSR count). The summed E-state index contributed by atoms with van der Waals surface area (Å²) in [5, 5.41) is 2.94. The number of ether oxygens (including phenoxy) is 4. The third-order valence-corrected chi connectivity index (χ3v) is 4.94. The van der Waals surface area contributed by atoms with E-state index in [2.05, 4.69) is 5.32 Å². The lowest BCUT2D eigenvalue weighted by atomic mass is 9.98. The molecule has 9 nitrogen and oxygen atoms in total. The van der Waals surface area contributed by atoms with Crippen LogP contribution in [-0.2, 0) is 38.1 Å². The molecule has 1 N–H and O–H groups in total. The van der Waals surface area contributed by atoms with Crippen molar-refractivity contribution in [2.75, 3.05) is 13.6 Å². The molecule has 0 amide bonds. The van der Waals surface area contributed by atoms with Crippen LogP contribution in [0.1, 0.15) is 60.8 Å². The van der Waals surface area contributed by atoms with Crippen molar-refractivity contribution in [3.05, 3.63) is 22.5 Å². The fraction of sp³-hybridized carbons (Fsp3) is 0.619. The summed E-state index contributed by atoms with van der Waals surface area (Å²) in [6, 6.07) is 0. The Morgan fingerprint density at radius 2 is 1.13 bits per heavy atom. The van der Waals surface area contributed by atoms with Crippen LogP contribution in [0.4, 0.5) is 0 Å². The second kappa shape index (κ2) is 12.0. The Labute approximate surface area is 176 Å². The number of esters is 4. The van der Waals surface area contributed by atoms with E-state index in [4.69, 9.17) is 18.9 Å². The molecule has 9 heteroatoms. The van der Waals surface area contributed by atoms with Gasteiger partial charge in [0.05, 0.1) is 23.0 Å². The van der Waals surface area contributed by atoms with Gasteiger partial charge in [-0.25, -0.2) is 9.59 Å². The monoisotopic (exact) mass is 425 g/mol. The molecule has 0 saturated heterocycles. The lowest BCUT2D eigenvalue weighted by Crippen LogP contribution is -2.28. The Hall–Kier alpha value is -2.84. The molecule has 2 atom stereocenters. The quantitative estimate of drug-likeness (QED) is 0.416. The molecule has 1 aliphatic rings. The van der Waals surface area contributed by atoms with Crippen LogP contribution in [0.2, 0.25) is 0 Å². The highest BCUT2D eigenvalue weighted by Gasteiger charge is 2.27. The van der Waals surface area contributed by atoms with Crippen molar-refractivity contribution < 1.29 is 38.1 Å². The first-order chi connectivity index (χ1) is 14.1. The molecule has 0 aliphatic carbocycles. The number of allylic oxidation sites excluding steroid dienone is 2. The van der Waals surface area contributed by atoms with Crippen molar-refractivity contribution in [2.24, 2.45) is 11.8 Å². The van der Waals surface area contributed by atoms with Crippen molar-refractivity contribution in [2.45, 2.75) is 60.8 Å². The van der Waals surface area contributed by atoms with Crippen LogP contribution in [0.5, 0.6) is 0 Å². The molecule has 0 saturated carbocycles. The Kier molecular flexibility index (Phi) is 10.1. The molecule has 0 radical (unpaired) electrons. The highest BCUT2D eigenvalue weighted by Crippen LogP contribution is 2.25. The van der Waals surface area contributed by atoms with Crippen LogP contribution in [0.3, 0.4) is 0 Å². The zero-order chi connectivity index (χ0) is 22.8. The van der Waals surface area contributed by atoms with Gasteiger partial charge in [0.25, 0.3) is 0 Å². The van der Waals surface area contributed by atoms with Gasteiger partial charge in [-0.1, -0.05) is 27.7 Å². The minimum Gasteiger partial charge on any atom is -0.428 e. The highest BCUT2D eigenvalue weighted by atomic mass is 16.7. The minimum atomic E-state index is -0.710. The van der Waals surface area contributed by atoms with Crippen LogP contribution in [0.15, 0.2) is 22.5 Å². The molecule has 0 aromatic heterocycles. The van der Waals surface area contributed by atoms with Crippen LogP contribution in [-0.4, -0.2) is 37.5 Å². The number of rotatable bonds is 10. The van der Waals surface area contributed by atoms with Gasteiger partial charge in [-0.05, 0) is 26.7 Å². The molecule has 30 heavy (non-hydrogen) atoms. The number of hydrogen-bond acceptors (Lipinski definition) is 9. The first-order valence-electron chi connectivity index (χ1n) is 9.96. The maximum Gasteiger partial charge on any atom is 0.338 e. The molecular weight excluding hydrogens is 394 g/mol. The third-order valence-electron chi connectivity index (χ3n) is 4.94. The lowest BCUT2D eigenvalue weighted by Gasteiger charge is -2.22. The van der Waals surface area contributed by atoms with Crippen molar-refractivity contribution in [3.63, 3.8) is 0 Å². The second-order valence-corrected chi connectivity index (χ2v) is 7.15. The molecule has 1 heterocycles. The largest absolute Gasteiger partial charge is 0.428 e. The van der Waals surface area contributed by atoms with Gasteiger partial charge >= 0.3 is 23.9 Å². The van der Waals surface area contributed by atoms with Crippen LogP contribution in [0.25, 0.3) is 0 Å². The van der Waals surface area contributed by atoms with Crippen molar-refractivity contribution >= 4 is 23.9 Å². The Morgan fingerprint density at radius 3 is 1.47 bits per heavy atom. The zero-order valence-electron chi connectivity index (χ0n) is 18.5. The van der Waals surface area contributed by atoms with E-state index >= 15 is 0 Å². The summed E-state index contributed by atoms with van der Waals surface area (Å²) in [7, 11) is 0. The number of carbonyl (C=O) groups excluding carboxylic acids is 4. The van der Waals surface area contributed by atoms with Crippen molar-refractivity contribution in [1.82, 2.24) is 5.32 Å².